The van der Waals surface area contributed by atoms with Gasteiger partial charge in [-0.25, -0.2) is 14.2 Å². The topological polar surface area (TPSA) is 53.4 Å². The second kappa shape index (κ2) is 4.83. The fourth-order valence-corrected chi connectivity index (χ4v) is 1.63. The number of carboxylic acid groups (broad SMARTS) is 1. The van der Waals surface area contributed by atoms with Crippen molar-refractivity contribution >= 4 is 17.5 Å². The molecule has 0 aliphatic rings. The van der Waals surface area contributed by atoms with Gasteiger partial charge in [0.1, 0.15) is 17.2 Å². The highest BCUT2D eigenvalue weighted by Gasteiger charge is 2.17. The van der Waals surface area contributed by atoms with Crippen LogP contribution in [0.15, 0.2) is 42.6 Å². The Morgan fingerprint density at radius 2 is 2.00 bits per heavy atom. The van der Waals surface area contributed by atoms with Crippen molar-refractivity contribution < 1.29 is 14.3 Å². The number of benzene rings is 1. The lowest BCUT2D eigenvalue weighted by Crippen LogP contribution is -2.16. The molecule has 0 amide bonds. The number of anilines is 2. The summed E-state index contributed by atoms with van der Waals surface area (Å²) in [5.41, 5.74) is 0.612. The van der Waals surface area contributed by atoms with E-state index in [4.69, 9.17) is 5.11 Å². The van der Waals surface area contributed by atoms with Crippen molar-refractivity contribution in [2.75, 3.05) is 11.9 Å². The number of aromatic nitrogens is 1. The Bertz CT molecular complexity index is 572. The summed E-state index contributed by atoms with van der Waals surface area (Å²) >= 11 is 0. The van der Waals surface area contributed by atoms with E-state index in [-0.39, 0.29) is 11.4 Å². The van der Waals surface area contributed by atoms with Crippen LogP contribution in [-0.4, -0.2) is 23.1 Å². The molecule has 18 heavy (non-hydrogen) atoms. The van der Waals surface area contributed by atoms with E-state index in [9.17, 15) is 9.18 Å². The molecule has 92 valence electrons. The first-order valence-electron chi connectivity index (χ1n) is 5.27. The van der Waals surface area contributed by atoms with Crippen molar-refractivity contribution in [2.45, 2.75) is 0 Å². The fraction of sp³-hybridized carbons (Fsp3) is 0.0769. The Hall–Kier alpha value is -2.43. The van der Waals surface area contributed by atoms with Crippen LogP contribution in [0.25, 0.3) is 0 Å². The Morgan fingerprint density at radius 1 is 1.33 bits per heavy atom. The molecule has 0 aliphatic heterocycles. The van der Waals surface area contributed by atoms with Crippen LogP contribution in [0.2, 0.25) is 0 Å². The van der Waals surface area contributed by atoms with Crippen LogP contribution in [0.5, 0.6) is 0 Å². The van der Waals surface area contributed by atoms with E-state index in [1.54, 1.807) is 11.9 Å². The van der Waals surface area contributed by atoms with E-state index in [1.165, 1.54) is 0 Å². The Kier molecular flexibility index (Phi) is 3.23. The van der Waals surface area contributed by atoms with Crippen LogP contribution in [0.3, 0.4) is 0 Å². The molecule has 2 aromatic rings. The first kappa shape index (κ1) is 12.0. The minimum absolute atomic E-state index is 0.165. The third kappa shape index (κ3) is 2.29. The molecular weight excluding hydrogens is 235 g/mol. The maximum Gasteiger partial charge on any atom is 0.339 e. The number of hydrogen-bond acceptors (Lipinski definition) is 3. The molecule has 0 radical (unpaired) electrons. The predicted molar refractivity (Wildman–Crippen MR) is 65.7 cm³/mol. The molecule has 0 unspecified atom stereocenters. The number of carboxylic acids is 1. The molecule has 1 heterocycles. The predicted octanol–water partition coefficient (Wildman–Crippen LogP) is 2.69. The van der Waals surface area contributed by atoms with Crippen molar-refractivity contribution in [2.24, 2.45) is 0 Å². The Balaban J connectivity index is 2.48. The van der Waals surface area contributed by atoms with Gasteiger partial charge >= 0.3 is 5.97 Å². The van der Waals surface area contributed by atoms with Gasteiger partial charge in [-0.05, 0) is 18.2 Å². The first-order valence-corrected chi connectivity index (χ1v) is 5.27. The van der Waals surface area contributed by atoms with E-state index in [1.807, 2.05) is 30.3 Å². The minimum atomic E-state index is -1.21. The molecule has 1 N–H and O–H groups in total. The van der Waals surface area contributed by atoms with Gasteiger partial charge in [-0.15, -0.1) is 0 Å². The van der Waals surface area contributed by atoms with Gasteiger partial charge in [-0.2, -0.15) is 0 Å². The normalized spacial score (nSPS) is 10.1. The summed E-state index contributed by atoms with van der Waals surface area (Å²) in [5, 5.41) is 9.05. The second-order valence-electron chi connectivity index (χ2n) is 3.72. The van der Waals surface area contributed by atoms with Crippen molar-refractivity contribution in [3.63, 3.8) is 0 Å². The highest BCUT2D eigenvalue weighted by molar-refractivity contribution is 5.94. The van der Waals surface area contributed by atoms with Crippen LogP contribution in [0, 0.1) is 5.82 Å². The van der Waals surface area contributed by atoms with E-state index in [2.05, 4.69) is 4.98 Å². The molecule has 2 rings (SSSR count). The van der Waals surface area contributed by atoms with Crippen LogP contribution in [0.1, 0.15) is 10.4 Å². The van der Waals surface area contributed by atoms with Crippen LogP contribution < -0.4 is 4.90 Å². The summed E-state index contributed by atoms with van der Waals surface area (Å²) in [5.74, 6) is -1.67. The maximum atomic E-state index is 13.0. The molecule has 0 atom stereocenters. The van der Waals surface area contributed by atoms with Crippen molar-refractivity contribution in [1.29, 1.82) is 0 Å². The summed E-state index contributed by atoms with van der Waals surface area (Å²) in [6.45, 7) is 0. The highest BCUT2D eigenvalue weighted by atomic mass is 19.1. The standard InChI is InChI=1S/C13H11FN2O2/c1-16(10-5-3-2-4-6-10)12-11(13(17)18)7-9(14)8-15-12/h2-8H,1H3,(H,17,18). The number of rotatable bonds is 3. The molecule has 0 aliphatic carbocycles. The quantitative estimate of drug-likeness (QED) is 0.904. The third-order valence-electron chi connectivity index (χ3n) is 2.52. The van der Waals surface area contributed by atoms with Gasteiger partial charge in [0.05, 0.1) is 6.20 Å². The SMILES string of the molecule is CN(c1ccccc1)c1ncc(F)cc1C(=O)O. The summed E-state index contributed by atoms with van der Waals surface area (Å²) in [6, 6.07) is 10.1. The van der Waals surface area contributed by atoms with Gasteiger partial charge in [0.25, 0.3) is 0 Å². The molecule has 0 spiro atoms. The number of aromatic carboxylic acids is 1. The maximum absolute atomic E-state index is 13.0. The molecular formula is C13H11FN2O2. The van der Waals surface area contributed by atoms with Gasteiger partial charge < -0.3 is 10.0 Å². The summed E-state index contributed by atoms with van der Waals surface area (Å²) < 4.78 is 13.0. The van der Waals surface area contributed by atoms with E-state index in [0.29, 0.717) is 0 Å². The second-order valence-corrected chi connectivity index (χ2v) is 3.72. The molecule has 0 bridgehead atoms. The Labute approximate surface area is 103 Å². The van der Waals surface area contributed by atoms with Crippen molar-refractivity contribution in [3.8, 4) is 0 Å². The molecule has 5 heteroatoms. The largest absolute Gasteiger partial charge is 0.478 e. The average Bonchev–Trinajstić information content (AvgIpc) is 2.39. The number of carbonyl (C=O) groups is 1. The number of pyridine rings is 1. The van der Waals surface area contributed by atoms with Crippen LogP contribution >= 0.6 is 0 Å². The number of halogens is 1. The molecule has 0 fully saturated rings. The molecule has 4 nitrogen and oxygen atoms in total. The summed E-state index contributed by atoms with van der Waals surface area (Å²) in [4.78, 5) is 16.5. The smallest absolute Gasteiger partial charge is 0.339 e. The van der Waals surface area contributed by atoms with Crippen molar-refractivity contribution in [3.05, 3.63) is 54.0 Å². The zero-order valence-electron chi connectivity index (χ0n) is 9.67. The monoisotopic (exact) mass is 246 g/mol. The minimum Gasteiger partial charge on any atom is -0.478 e. The van der Waals surface area contributed by atoms with E-state index >= 15 is 0 Å². The number of nitrogens with zero attached hydrogens (tertiary/aromatic N) is 2. The van der Waals surface area contributed by atoms with Gasteiger partial charge in [0.15, 0.2) is 0 Å². The number of hydrogen-bond donors (Lipinski definition) is 1. The zero-order chi connectivity index (χ0) is 13.1. The van der Waals surface area contributed by atoms with Crippen molar-refractivity contribution in [1.82, 2.24) is 4.98 Å². The highest BCUT2D eigenvalue weighted by Crippen LogP contribution is 2.25. The zero-order valence-corrected chi connectivity index (χ0v) is 9.67. The lowest BCUT2D eigenvalue weighted by molar-refractivity contribution is 0.0696. The Morgan fingerprint density at radius 3 is 2.61 bits per heavy atom. The lowest BCUT2D eigenvalue weighted by atomic mass is 10.2. The lowest BCUT2D eigenvalue weighted by Gasteiger charge is -2.19. The molecule has 1 aromatic heterocycles. The van der Waals surface area contributed by atoms with Gasteiger partial charge in [-0.3, -0.25) is 0 Å². The van der Waals surface area contributed by atoms with Crippen LogP contribution in [0.4, 0.5) is 15.9 Å². The van der Waals surface area contributed by atoms with Gasteiger partial charge in [0, 0.05) is 12.7 Å². The third-order valence-corrected chi connectivity index (χ3v) is 2.52. The molecule has 1 aromatic carbocycles. The fourth-order valence-electron chi connectivity index (χ4n) is 1.63. The summed E-state index contributed by atoms with van der Waals surface area (Å²) in [6.07, 6.45) is 1.00. The number of para-hydroxylation sites is 1. The molecule has 0 saturated carbocycles. The van der Waals surface area contributed by atoms with Gasteiger partial charge in [0.2, 0.25) is 0 Å². The van der Waals surface area contributed by atoms with E-state index in [0.717, 1.165) is 18.0 Å². The van der Waals surface area contributed by atoms with E-state index < -0.39 is 11.8 Å². The first-order chi connectivity index (χ1) is 8.59. The van der Waals surface area contributed by atoms with Gasteiger partial charge in [-0.1, -0.05) is 18.2 Å². The average molecular weight is 246 g/mol. The molecule has 0 saturated heterocycles. The summed E-state index contributed by atoms with van der Waals surface area (Å²) in [7, 11) is 1.68. The van der Waals surface area contributed by atoms with Crippen LogP contribution in [-0.2, 0) is 0 Å².